The van der Waals surface area contributed by atoms with E-state index in [2.05, 4.69) is 6.58 Å². The van der Waals surface area contributed by atoms with Gasteiger partial charge in [0.2, 0.25) is 0 Å². The predicted octanol–water partition coefficient (Wildman–Crippen LogP) is -0.404. The summed E-state index contributed by atoms with van der Waals surface area (Å²) in [5, 5.41) is 51.1. The van der Waals surface area contributed by atoms with Crippen molar-refractivity contribution < 1.29 is 44.2 Å². The van der Waals surface area contributed by atoms with Gasteiger partial charge in [0.15, 0.2) is 6.29 Å². The number of hydrogen-bond acceptors (Lipinski definition) is 10. The maximum Gasteiger partial charge on any atom is 0.336 e. The quantitative estimate of drug-likeness (QED) is 0.284. The fraction of sp³-hybridized carbons (Fsp3) is 0.476. The SMILES string of the molecule is C=C(C)C(O)C(O[C@@H]1O[C@H](CO)[C@@H](O)[C@H](O)[C@H]1O)c1cc2ccc(=O)oc2cc1OC. The average molecular weight is 438 g/mol. The summed E-state index contributed by atoms with van der Waals surface area (Å²) in [6, 6.07) is 5.81. The molecule has 1 aliphatic rings. The molecule has 10 nitrogen and oxygen atoms in total. The highest BCUT2D eigenvalue weighted by Gasteiger charge is 2.46. The molecule has 0 radical (unpaired) electrons. The predicted molar refractivity (Wildman–Crippen MR) is 107 cm³/mol. The van der Waals surface area contributed by atoms with Gasteiger partial charge in [0.25, 0.3) is 0 Å². The molecule has 2 aromatic rings. The molecular weight excluding hydrogens is 412 g/mol. The summed E-state index contributed by atoms with van der Waals surface area (Å²) in [6.45, 7) is 4.68. The van der Waals surface area contributed by atoms with Crippen LogP contribution in [0.2, 0.25) is 0 Å². The molecule has 1 aliphatic heterocycles. The third-order valence-electron chi connectivity index (χ3n) is 5.20. The van der Waals surface area contributed by atoms with Gasteiger partial charge in [-0.25, -0.2) is 4.79 Å². The van der Waals surface area contributed by atoms with Crippen molar-refractivity contribution in [1.82, 2.24) is 0 Å². The largest absolute Gasteiger partial charge is 0.496 e. The Bertz CT molecular complexity index is 984. The van der Waals surface area contributed by atoms with E-state index in [1.54, 1.807) is 13.0 Å². The first-order valence-electron chi connectivity index (χ1n) is 9.59. The van der Waals surface area contributed by atoms with Crippen molar-refractivity contribution in [1.29, 1.82) is 0 Å². The highest BCUT2D eigenvalue weighted by atomic mass is 16.7. The third kappa shape index (κ3) is 4.65. The van der Waals surface area contributed by atoms with Gasteiger partial charge in [-0.3, -0.25) is 0 Å². The summed E-state index contributed by atoms with van der Waals surface area (Å²) in [7, 11) is 1.38. The van der Waals surface area contributed by atoms with Gasteiger partial charge in [-0.2, -0.15) is 0 Å². The molecule has 0 spiro atoms. The summed E-state index contributed by atoms with van der Waals surface area (Å²) in [6.07, 6.45) is -10.0. The number of fused-ring (bicyclic) bond motifs is 1. The molecule has 0 bridgehead atoms. The maximum atomic E-state index is 11.5. The van der Waals surface area contributed by atoms with E-state index in [0.29, 0.717) is 16.5 Å². The third-order valence-corrected chi connectivity index (χ3v) is 5.20. The first-order valence-corrected chi connectivity index (χ1v) is 9.59. The van der Waals surface area contributed by atoms with Crippen molar-refractivity contribution >= 4 is 11.0 Å². The van der Waals surface area contributed by atoms with Crippen LogP contribution in [0.15, 0.2) is 45.6 Å². The van der Waals surface area contributed by atoms with Gasteiger partial charge < -0.3 is 44.2 Å². The highest BCUT2D eigenvalue weighted by Crippen LogP contribution is 2.37. The van der Waals surface area contributed by atoms with Crippen molar-refractivity contribution in [3.05, 3.63) is 52.4 Å². The molecule has 3 rings (SSSR count). The van der Waals surface area contributed by atoms with E-state index < -0.39 is 55.1 Å². The lowest BCUT2D eigenvalue weighted by Gasteiger charge is -2.41. The summed E-state index contributed by atoms with van der Waals surface area (Å²) in [5.74, 6) is 0.219. The number of rotatable bonds is 7. The van der Waals surface area contributed by atoms with Gasteiger partial charge in [-0.15, -0.1) is 0 Å². The molecule has 5 N–H and O–H groups in total. The Morgan fingerprint density at radius 1 is 1.19 bits per heavy atom. The topological polar surface area (TPSA) is 159 Å². The Morgan fingerprint density at radius 2 is 1.90 bits per heavy atom. The van der Waals surface area contributed by atoms with Crippen LogP contribution in [0.4, 0.5) is 0 Å². The van der Waals surface area contributed by atoms with E-state index in [1.807, 2.05) is 0 Å². The molecule has 10 heteroatoms. The van der Waals surface area contributed by atoms with Crippen molar-refractivity contribution in [3.63, 3.8) is 0 Å². The van der Waals surface area contributed by atoms with Crippen LogP contribution in [-0.4, -0.2) is 76.1 Å². The zero-order chi connectivity index (χ0) is 22.9. The number of hydrogen-bond donors (Lipinski definition) is 5. The fourth-order valence-electron chi connectivity index (χ4n) is 3.41. The minimum atomic E-state index is -1.66. The van der Waals surface area contributed by atoms with Crippen LogP contribution >= 0.6 is 0 Å². The molecule has 2 unspecified atom stereocenters. The lowest BCUT2D eigenvalue weighted by molar-refractivity contribution is -0.317. The van der Waals surface area contributed by atoms with Crippen LogP contribution < -0.4 is 10.4 Å². The normalized spacial score (nSPS) is 28.3. The molecular formula is C21H26O10. The van der Waals surface area contributed by atoms with E-state index in [4.69, 9.17) is 18.6 Å². The lowest BCUT2D eigenvalue weighted by Crippen LogP contribution is -2.59. The molecule has 1 fully saturated rings. The number of aliphatic hydroxyl groups excluding tert-OH is 5. The summed E-state index contributed by atoms with van der Waals surface area (Å²) in [4.78, 5) is 11.5. The van der Waals surface area contributed by atoms with Crippen LogP contribution in [0.1, 0.15) is 18.6 Å². The van der Waals surface area contributed by atoms with Gasteiger partial charge in [0.05, 0.1) is 13.7 Å². The van der Waals surface area contributed by atoms with Crippen molar-refractivity contribution in [2.24, 2.45) is 0 Å². The highest BCUT2D eigenvalue weighted by molar-refractivity contribution is 5.79. The smallest absolute Gasteiger partial charge is 0.336 e. The lowest BCUT2D eigenvalue weighted by atomic mass is 9.96. The van der Waals surface area contributed by atoms with Gasteiger partial charge in [0, 0.05) is 23.1 Å². The second-order valence-electron chi connectivity index (χ2n) is 7.43. The van der Waals surface area contributed by atoms with Crippen LogP contribution in [0.25, 0.3) is 11.0 Å². The van der Waals surface area contributed by atoms with Crippen LogP contribution in [0.3, 0.4) is 0 Å². The fourth-order valence-corrected chi connectivity index (χ4v) is 3.41. The summed E-state index contributed by atoms with van der Waals surface area (Å²) < 4.78 is 21.8. The summed E-state index contributed by atoms with van der Waals surface area (Å²) >= 11 is 0. The zero-order valence-corrected chi connectivity index (χ0v) is 17.0. The second-order valence-corrected chi connectivity index (χ2v) is 7.43. The van der Waals surface area contributed by atoms with Crippen LogP contribution in [0.5, 0.6) is 5.75 Å². The molecule has 170 valence electrons. The average Bonchev–Trinajstić information content (AvgIpc) is 2.75. The number of methoxy groups -OCH3 is 1. The van der Waals surface area contributed by atoms with E-state index in [1.165, 1.54) is 25.3 Å². The molecule has 31 heavy (non-hydrogen) atoms. The Kier molecular flexibility index (Phi) is 7.12. The first kappa shape index (κ1) is 23.4. The molecule has 1 aromatic heterocycles. The van der Waals surface area contributed by atoms with Crippen LogP contribution in [-0.2, 0) is 9.47 Å². The van der Waals surface area contributed by atoms with Crippen molar-refractivity contribution in [3.8, 4) is 5.75 Å². The van der Waals surface area contributed by atoms with E-state index in [0.717, 1.165) is 0 Å². The number of aliphatic hydroxyl groups is 5. The molecule has 0 aliphatic carbocycles. The van der Waals surface area contributed by atoms with Crippen LogP contribution in [0, 0.1) is 0 Å². The van der Waals surface area contributed by atoms with E-state index in [9.17, 15) is 30.3 Å². The van der Waals surface area contributed by atoms with Gasteiger partial charge in [0.1, 0.15) is 48.0 Å². The van der Waals surface area contributed by atoms with Gasteiger partial charge in [-0.1, -0.05) is 6.58 Å². The van der Waals surface area contributed by atoms with Crippen molar-refractivity contribution in [2.45, 2.75) is 49.8 Å². The Labute approximate surface area is 177 Å². The number of benzene rings is 1. The molecule has 2 heterocycles. The molecule has 7 atom stereocenters. The molecule has 0 saturated carbocycles. The van der Waals surface area contributed by atoms with Gasteiger partial charge >= 0.3 is 5.63 Å². The van der Waals surface area contributed by atoms with Gasteiger partial charge in [-0.05, 0) is 24.6 Å². The Morgan fingerprint density at radius 3 is 2.52 bits per heavy atom. The standard InChI is InChI=1S/C21H26O10/c1-9(2)16(24)20(31-21-19(27)18(26)17(25)14(8-22)30-21)11-6-10-4-5-15(23)29-12(10)7-13(11)28-3/h4-7,14,16-22,24-27H,1,8H2,2-3H3/t14-,16?,17-,18+,19-,20?,21+/m1/s1. The molecule has 1 saturated heterocycles. The minimum absolute atomic E-state index is 0.219. The maximum absolute atomic E-state index is 11.5. The molecule has 1 aromatic carbocycles. The first-order chi connectivity index (χ1) is 14.7. The van der Waals surface area contributed by atoms with Crippen molar-refractivity contribution in [2.75, 3.05) is 13.7 Å². The monoisotopic (exact) mass is 438 g/mol. The summed E-state index contributed by atoms with van der Waals surface area (Å²) in [5.41, 5.74) is 0.371. The Balaban J connectivity index is 2.05. The Hall–Kier alpha value is -2.31. The minimum Gasteiger partial charge on any atom is -0.496 e. The zero-order valence-electron chi connectivity index (χ0n) is 17.0. The second kappa shape index (κ2) is 9.45. The number of ether oxygens (including phenoxy) is 3. The van der Waals surface area contributed by atoms with E-state index >= 15 is 0 Å². The molecule has 0 amide bonds. The van der Waals surface area contributed by atoms with E-state index in [-0.39, 0.29) is 11.3 Å².